The molecule has 0 fully saturated rings. The molecule has 0 aromatic heterocycles. The van der Waals surface area contributed by atoms with Crippen LogP contribution >= 0.6 is 0 Å². The highest BCUT2D eigenvalue weighted by Gasteiger charge is 2.09. The van der Waals surface area contributed by atoms with Crippen LogP contribution < -0.4 is 10.1 Å². The fraction of sp³-hybridized carbons (Fsp3) is 0.0909. The molecule has 0 spiro atoms. The summed E-state index contributed by atoms with van der Waals surface area (Å²) in [5.41, 5.74) is 1.71. The maximum atomic E-state index is 12.4. The van der Waals surface area contributed by atoms with Crippen LogP contribution in [0.4, 0.5) is 5.69 Å². The standard InChI is InChI=1S/C22H20N2O3/c1-24(2)22(26)17-8-12-18(13-9-17)23-21(25)16-10-14-20(15-11-16)27-19-6-4-3-5-7-19/h3-15H,1-2H3,(H,23,25). The molecule has 5 nitrogen and oxygen atoms in total. The average Bonchev–Trinajstić information content (AvgIpc) is 2.69. The average molecular weight is 360 g/mol. The van der Waals surface area contributed by atoms with Crippen molar-refractivity contribution in [1.82, 2.24) is 4.90 Å². The van der Waals surface area contributed by atoms with E-state index in [9.17, 15) is 9.59 Å². The van der Waals surface area contributed by atoms with E-state index in [4.69, 9.17) is 4.74 Å². The summed E-state index contributed by atoms with van der Waals surface area (Å²) >= 11 is 0. The quantitative estimate of drug-likeness (QED) is 0.732. The summed E-state index contributed by atoms with van der Waals surface area (Å²) in [5, 5.41) is 2.82. The Morgan fingerprint density at radius 3 is 1.89 bits per heavy atom. The number of amides is 2. The zero-order valence-corrected chi connectivity index (χ0v) is 15.2. The van der Waals surface area contributed by atoms with Gasteiger partial charge in [0.2, 0.25) is 0 Å². The molecule has 0 heterocycles. The first-order valence-corrected chi connectivity index (χ1v) is 8.49. The maximum absolute atomic E-state index is 12.4. The highest BCUT2D eigenvalue weighted by molar-refractivity contribution is 6.04. The topological polar surface area (TPSA) is 58.6 Å². The summed E-state index contributed by atoms with van der Waals surface area (Å²) in [4.78, 5) is 25.8. The second kappa shape index (κ2) is 8.19. The third-order valence-corrected chi connectivity index (χ3v) is 3.89. The molecule has 0 aliphatic carbocycles. The third-order valence-electron chi connectivity index (χ3n) is 3.89. The van der Waals surface area contributed by atoms with Crippen LogP contribution in [0, 0.1) is 0 Å². The van der Waals surface area contributed by atoms with Crippen molar-refractivity contribution in [3.63, 3.8) is 0 Å². The fourth-order valence-corrected chi connectivity index (χ4v) is 2.46. The molecule has 0 radical (unpaired) electrons. The Balaban J connectivity index is 1.63. The van der Waals surface area contributed by atoms with E-state index in [-0.39, 0.29) is 11.8 Å². The van der Waals surface area contributed by atoms with Gasteiger partial charge in [-0.15, -0.1) is 0 Å². The Kier molecular flexibility index (Phi) is 5.52. The molecule has 0 unspecified atom stereocenters. The molecular weight excluding hydrogens is 340 g/mol. The first kappa shape index (κ1) is 18.2. The number of nitrogens with zero attached hydrogens (tertiary/aromatic N) is 1. The first-order chi connectivity index (χ1) is 13.0. The molecule has 0 saturated heterocycles. The van der Waals surface area contributed by atoms with Crippen molar-refractivity contribution in [3.8, 4) is 11.5 Å². The van der Waals surface area contributed by atoms with E-state index in [2.05, 4.69) is 5.32 Å². The number of ether oxygens (including phenoxy) is 1. The Morgan fingerprint density at radius 2 is 1.30 bits per heavy atom. The van der Waals surface area contributed by atoms with Crippen molar-refractivity contribution in [2.24, 2.45) is 0 Å². The van der Waals surface area contributed by atoms with Crippen LogP contribution in [0.25, 0.3) is 0 Å². The van der Waals surface area contributed by atoms with Gasteiger partial charge in [-0.3, -0.25) is 9.59 Å². The van der Waals surface area contributed by atoms with Crippen LogP contribution in [0.5, 0.6) is 11.5 Å². The van der Waals surface area contributed by atoms with E-state index in [1.54, 1.807) is 62.6 Å². The van der Waals surface area contributed by atoms with Gasteiger partial charge in [-0.25, -0.2) is 0 Å². The van der Waals surface area contributed by atoms with Crippen molar-refractivity contribution in [3.05, 3.63) is 90.0 Å². The third kappa shape index (κ3) is 4.73. The van der Waals surface area contributed by atoms with E-state index >= 15 is 0 Å². The number of rotatable bonds is 5. The molecule has 0 atom stereocenters. The summed E-state index contributed by atoms with van der Waals surface area (Å²) in [7, 11) is 3.40. The van der Waals surface area contributed by atoms with Crippen molar-refractivity contribution < 1.29 is 14.3 Å². The molecular formula is C22H20N2O3. The van der Waals surface area contributed by atoms with E-state index in [0.717, 1.165) is 5.75 Å². The van der Waals surface area contributed by atoms with Crippen LogP contribution in [0.15, 0.2) is 78.9 Å². The lowest BCUT2D eigenvalue weighted by Gasteiger charge is -2.11. The number of carbonyl (C=O) groups is 2. The van der Waals surface area contributed by atoms with Gasteiger partial charge in [0, 0.05) is 30.9 Å². The predicted octanol–water partition coefficient (Wildman–Crippen LogP) is 4.43. The van der Waals surface area contributed by atoms with Crippen LogP contribution in [0.1, 0.15) is 20.7 Å². The van der Waals surface area contributed by atoms with E-state index < -0.39 is 0 Å². The smallest absolute Gasteiger partial charge is 0.255 e. The van der Waals surface area contributed by atoms with Crippen LogP contribution in [-0.4, -0.2) is 30.8 Å². The van der Waals surface area contributed by atoms with Crippen molar-refractivity contribution in [2.75, 3.05) is 19.4 Å². The zero-order valence-electron chi connectivity index (χ0n) is 15.2. The van der Waals surface area contributed by atoms with Gasteiger partial charge in [0.25, 0.3) is 11.8 Å². The normalized spacial score (nSPS) is 10.1. The predicted molar refractivity (Wildman–Crippen MR) is 105 cm³/mol. The molecule has 3 aromatic rings. The highest BCUT2D eigenvalue weighted by Crippen LogP contribution is 2.21. The zero-order chi connectivity index (χ0) is 19.2. The Hall–Kier alpha value is -3.60. The molecule has 0 aliphatic heterocycles. The number of anilines is 1. The fourth-order valence-electron chi connectivity index (χ4n) is 2.46. The van der Waals surface area contributed by atoms with Crippen molar-refractivity contribution in [2.45, 2.75) is 0 Å². The Morgan fingerprint density at radius 1 is 0.741 bits per heavy atom. The molecule has 2 amide bonds. The summed E-state index contributed by atoms with van der Waals surface area (Å²) in [5.74, 6) is 1.08. The van der Waals surface area contributed by atoms with E-state index in [1.807, 2.05) is 30.3 Å². The summed E-state index contributed by atoms with van der Waals surface area (Å²) in [6.07, 6.45) is 0. The lowest BCUT2D eigenvalue weighted by molar-refractivity contribution is 0.0827. The molecule has 0 aliphatic rings. The van der Waals surface area contributed by atoms with E-state index in [1.165, 1.54) is 4.90 Å². The van der Waals surface area contributed by atoms with Gasteiger partial charge in [0.15, 0.2) is 0 Å². The number of benzene rings is 3. The summed E-state index contributed by atoms with van der Waals surface area (Å²) < 4.78 is 5.72. The molecule has 136 valence electrons. The van der Waals surface area contributed by atoms with Crippen molar-refractivity contribution in [1.29, 1.82) is 0 Å². The van der Waals surface area contributed by atoms with Crippen LogP contribution in [0.3, 0.4) is 0 Å². The van der Waals surface area contributed by atoms with Crippen molar-refractivity contribution >= 4 is 17.5 Å². The maximum Gasteiger partial charge on any atom is 0.255 e. The molecule has 27 heavy (non-hydrogen) atoms. The molecule has 0 bridgehead atoms. The van der Waals surface area contributed by atoms with Gasteiger partial charge in [-0.1, -0.05) is 18.2 Å². The monoisotopic (exact) mass is 360 g/mol. The number of nitrogens with one attached hydrogen (secondary N) is 1. The molecule has 0 saturated carbocycles. The SMILES string of the molecule is CN(C)C(=O)c1ccc(NC(=O)c2ccc(Oc3ccccc3)cc2)cc1. The molecule has 5 heteroatoms. The molecule has 1 N–H and O–H groups in total. The Labute approximate surface area is 158 Å². The van der Waals surface area contributed by atoms with Gasteiger partial charge in [0.1, 0.15) is 11.5 Å². The largest absolute Gasteiger partial charge is 0.457 e. The van der Waals surface area contributed by atoms with Gasteiger partial charge < -0.3 is 15.0 Å². The summed E-state index contributed by atoms with van der Waals surface area (Å²) in [6.45, 7) is 0. The molecule has 3 aromatic carbocycles. The second-order valence-electron chi connectivity index (χ2n) is 6.17. The van der Waals surface area contributed by atoms with Gasteiger partial charge >= 0.3 is 0 Å². The first-order valence-electron chi connectivity index (χ1n) is 8.49. The number of carbonyl (C=O) groups excluding carboxylic acids is 2. The van der Waals surface area contributed by atoms with Gasteiger partial charge in [0.05, 0.1) is 0 Å². The minimum absolute atomic E-state index is 0.0816. The minimum Gasteiger partial charge on any atom is -0.457 e. The lowest BCUT2D eigenvalue weighted by Crippen LogP contribution is -2.21. The number of hydrogen-bond donors (Lipinski definition) is 1. The van der Waals surface area contributed by atoms with E-state index in [0.29, 0.717) is 22.6 Å². The molecule has 3 rings (SSSR count). The number of para-hydroxylation sites is 1. The van der Waals surface area contributed by atoms with Gasteiger partial charge in [-0.05, 0) is 60.7 Å². The van der Waals surface area contributed by atoms with Crippen LogP contribution in [-0.2, 0) is 0 Å². The van der Waals surface area contributed by atoms with Gasteiger partial charge in [-0.2, -0.15) is 0 Å². The second-order valence-corrected chi connectivity index (χ2v) is 6.17. The number of hydrogen-bond acceptors (Lipinski definition) is 3. The lowest BCUT2D eigenvalue weighted by atomic mass is 10.1. The van der Waals surface area contributed by atoms with Crippen LogP contribution in [0.2, 0.25) is 0 Å². The Bertz CT molecular complexity index is 918. The highest BCUT2D eigenvalue weighted by atomic mass is 16.5. The minimum atomic E-state index is -0.229. The summed E-state index contributed by atoms with van der Waals surface area (Å²) in [6, 6.07) is 23.2.